The molecule has 1 amide bonds. The maximum absolute atomic E-state index is 12.2. The number of carbonyl (C=O) groups excluding carboxylic acids is 1. The Kier molecular flexibility index (Phi) is 5.24. The minimum atomic E-state index is -0.00406. The van der Waals surface area contributed by atoms with Crippen LogP contribution >= 0.6 is 15.9 Å². The topological polar surface area (TPSA) is 38.3 Å². The van der Waals surface area contributed by atoms with Gasteiger partial charge in [-0.05, 0) is 59.8 Å². The summed E-state index contributed by atoms with van der Waals surface area (Å²) in [4.78, 5) is 12.2. The predicted octanol–water partition coefficient (Wildman–Crippen LogP) is 3.99. The van der Waals surface area contributed by atoms with Crippen LogP contribution in [0.5, 0.6) is 5.75 Å². The molecule has 1 aliphatic rings. The summed E-state index contributed by atoms with van der Waals surface area (Å²) in [5.41, 5.74) is 1.07. The second-order valence-electron chi connectivity index (χ2n) is 5.11. The fourth-order valence-electron chi connectivity index (χ4n) is 2.40. The molecule has 1 aromatic rings. The molecular weight excluding hydrogens is 318 g/mol. The number of hydrogen-bond donors (Lipinski definition) is 1. The largest absolute Gasteiger partial charge is 0.496 e. The average molecular weight is 338 g/mol. The number of carbonyl (C=O) groups is 1. The van der Waals surface area contributed by atoms with E-state index in [4.69, 9.17) is 4.74 Å². The normalized spacial score (nSPS) is 19.4. The molecular formula is C16H20BrNO2. The van der Waals surface area contributed by atoms with Gasteiger partial charge in [-0.1, -0.05) is 18.2 Å². The summed E-state index contributed by atoms with van der Waals surface area (Å²) in [6, 6.07) is 5.88. The molecule has 0 aromatic heterocycles. The predicted molar refractivity (Wildman–Crippen MR) is 83.7 cm³/mol. The van der Waals surface area contributed by atoms with Crippen molar-refractivity contribution in [3.05, 3.63) is 40.4 Å². The zero-order chi connectivity index (χ0) is 14.5. The molecule has 0 saturated carbocycles. The first kappa shape index (κ1) is 15.1. The Morgan fingerprint density at radius 3 is 2.85 bits per heavy atom. The Labute approximate surface area is 128 Å². The van der Waals surface area contributed by atoms with Crippen LogP contribution in [-0.2, 0) is 4.79 Å². The van der Waals surface area contributed by atoms with Crippen molar-refractivity contribution in [2.45, 2.75) is 32.2 Å². The number of rotatable bonds is 4. The lowest BCUT2D eigenvalue weighted by atomic mass is 9.93. The van der Waals surface area contributed by atoms with Crippen LogP contribution in [0.2, 0.25) is 0 Å². The van der Waals surface area contributed by atoms with E-state index < -0.39 is 0 Å². The van der Waals surface area contributed by atoms with Gasteiger partial charge in [-0.2, -0.15) is 0 Å². The number of methoxy groups -OCH3 is 1. The third-order valence-corrected chi connectivity index (χ3v) is 4.29. The maximum Gasteiger partial charge on any atom is 0.223 e. The van der Waals surface area contributed by atoms with Crippen molar-refractivity contribution in [2.24, 2.45) is 5.92 Å². The fourth-order valence-corrected chi connectivity index (χ4v) is 2.96. The number of ether oxygens (including phenoxy) is 1. The molecule has 2 atom stereocenters. The van der Waals surface area contributed by atoms with Crippen molar-refractivity contribution in [3.8, 4) is 5.75 Å². The van der Waals surface area contributed by atoms with Crippen molar-refractivity contribution >= 4 is 21.8 Å². The van der Waals surface area contributed by atoms with Crippen LogP contribution in [0.25, 0.3) is 0 Å². The smallest absolute Gasteiger partial charge is 0.223 e. The van der Waals surface area contributed by atoms with Crippen LogP contribution in [0.1, 0.15) is 37.8 Å². The van der Waals surface area contributed by atoms with Crippen LogP contribution in [0, 0.1) is 5.92 Å². The molecule has 2 unspecified atom stereocenters. The summed E-state index contributed by atoms with van der Waals surface area (Å²) in [6.45, 7) is 2.00. The number of halogens is 1. The van der Waals surface area contributed by atoms with Gasteiger partial charge in [-0.3, -0.25) is 4.79 Å². The Bertz CT molecular complexity index is 513. The van der Waals surface area contributed by atoms with Crippen molar-refractivity contribution in [1.29, 1.82) is 0 Å². The molecule has 108 valence electrons. The van der Waals surface area contributed by atoms with E-state index in [9.17, 15) is 4.79 Å². The molecule has 1 aromatic carbocycles. The van der Waals surface area contributed by atoms with Crippen LogP contribution in [0.3, 0.4) is 0 Å². The summed E-state index contributed by atoms with van der Waals surface area (Å²) < 4.78 is 6.12. The highest BCUT2D eigenvalue weighted by atomic mass is 79.9. The Hall–Kier alpha value is -1.29. The van der Waals surface area contributed by atoms with E-state index in [-0.39, 0.29) is 17.9 Å². The first-order valence-corrected chi connectivity index (χ1v) is 7.70. The van der Waals surface area contributed by atoms with Crippen molar-refractivity contribution in [1.82, 2.24) is 5.32 Å². The summed E-state index contributed by atoms with van der Waals surface area (Å²) in [5, 5.41) is 3.10. The standard InChI is InChI=1S/C16H20BrNO2/c1-11(13-8-9-15(20-2)14(17)10-13)18-16(19)12-6-4-3-5-7-12/h3-4,8-12H,5-7H2,1-2H3,(H,18,19). The summed E-state index contributed by atoms with van der Waals surface area (Å²) in [7, 11) is 1.64. The average Bonchev–Trinajstić information content (AvgIpc) is 2.48. The third kappa shape index (κ3) is 3.63. The van der Waals surface area contributed by atoms with E-state index in [0.29, 0.717) is 0 Å². The van der Waals surface area contributed by atoms with E-state index >= 15 is 0 Å². The highest BCUT2D eigenvalue weighted by Crippen LogP contribution is 2.28. The van der Waals surface area contributed by atoms with Crippen LogP contribution in [0.15, 0.2) is 34.8 Å². The Balaban J connectivity index is 2.00. The van der Waals surface area contributed by atoms with Gasteiger partial charge in [0.25, 0.3) is 0 Å². The van der Waals surface area contributed by atoms with Crippen molar-refractivity contribution in [3.63, 3.8) is 0 Å². The first-order valence-electron chi connectivity index (χ1n) is 6.90. The number of amides is 1. The summed E-state index contributed by atoms with van der Waals surface area (Å²) in [6.07, 6.45) is 7.04. The number of benzene rings is 1. The second-order valence-corrected chi connectivity index (χ2v) is 5.96. The Morgan fingerprint density at radius 2 is 2.25 bits per heavy atom. The number of allylic oxidation sites excluding steroid dienone is 2. The van der Waals surface area contributed by atoms with Gasteiger partial charge in [-0.25, -0.2) is 0 Å². The summed E-state index contributed by atoms with van der Waals surface area (Å²) in [5.74, 6) is 1.06. The minimum Gasteiger partial charge on any atom is -0.496 e. The summed E-state index contributed by atoms with van der Waals surface area (Å²) >= 11 is 3.47. The van der Waals surface area contributed by atoms with Gasteiger partial charge in [0, 0.05) is 5.92 Å². The van der Waals surface area contributed by atoms with E-state index in [0.717, 1.165) is 35.0 Å². The molecule has 1 aliphatic carbocycles. The van der Waals surface area contributed by atoms with Gasteiger partial charge in [0.15, 0.2) is 0 Å². The molecule has 0 heterocycles. The van der Waals surface area contributed by atoms with Crippen molar-refractivity contribution in [2.75, 3.05) is 7.11 Å². The molecule has 1 N–H and O–H groups in total. The van der Waals surface area contributed by atoms with Gasteiger partial charge in [0.2, 0.25) is 5.91 Å². The van der Waals surface area contributed by atoms with E-state index in [1.807, 2.05) is 25.1 Å². The molecule has 0 radical (unpaired) electrons. The first-order chi connectivity index (χ1) is 9.61. The van der Waals surface area contributed by atoms with Crippen molar-refractivity contribution < 1.29 is 9.53 Å². The highest BCUT2D eigenvalue weighted by Gasteiger charge is 2.20. The molecule has 0 saturated heterocycles. The van der Waals surface area contributed by atoms with Crippen LogP contribution < -0.4 is 10.1 Å². The van der Waals surface area contributed by atoms with Gasteiger partial charge in [-0.15, -0.1) is 0 Å². The third-order valence-electron chi connectivity index (χ3n) is 3.67. The molecule has 0 bridgehead atoms. The minimum absolute atomic E-state index is 0.00406. The SMILES string of the molecule is COc1ccc(C(C)NC(=O)C2CC=CCC2)cc1Br. The zero-order valence-corrected chi connectivity index (χ0v) is 13.4. The van der Waals surface area contributed by atoms with Gasteiger partial charge < -0.3 is 10.1 Å². The molecule has 0 aliphatic heterocycles. The Morgan fingerprint density at radius 1 is 1.45 bits per heavy atom. The van der Waals surface area contributed by atoms with E-state index in [2.05, 4.69) is 33.4 Å². The second kappa shape index (κ2) is 6.93. The maximum atomic E-state index is 12.2. The monoisotopic (exact) mass is 337 g/mol. The molecule has 3 nitrogen and oxygen atoms in total. The van der Waals surface area contributed by atoms with Crippen LogP contribution in [0.4, 0.5) is 0 Å². The van der Waals surface area contributed by atoms with Crippen LogP contribution in [-0.4, -0.2) is 13.0 Å². The number of hydrogen-bond acceptors (Lipinski definition) is 2. The molecule has 4 heteroatoms. The highest BCUT2D eigenvalue weighted by molar-refractivity contribution is 9.10. The lowest BCUT2D eigenvalue weighted by Gasteiger charge is -2.21. The van der Waals surface area contributed by atoms with Gasteiger partial charge in [0.05, 0.1) is 17.6 Å². The molecule has 20 heavy (non-hydrogen) atoms. The van der Waals surface area contributed by atoms with E-state index in [1.54, 1.807) is 7.11 Å². The number of nitrogens with one attached hydrogen (secondary N) is 1. The lowest BCUT2D eigenvalue weighted by molar-refractivity contribution is -0.125. The quantitative estimate of drug-likeness (QED) is 0.843. The lowest BCUT2D eigenvalue weighted by Crippen LogP contribution is -2.33. The fraction of sp³-hybridized carbons (Fsp3) is 0.438. The molecule has 2 rings (SSSR count). The zero-order valence-electron chi connectivity index (χ0n) is 11.9. The van der Waals surface area contributed by atoms with E-state index in [1.165, 1.54) is 0 Å². The van der Waals surface area contributed by atoms with Gasteiger partial charge >= 0.3 is 0 Å². The van der Waals surface area contributed by atoms with Gasteiger partial charge in [0.1, 0.15) is 5.75 Å². The molecule has 0 spiro atoms. The molecule has 0 fully saturated rings.